The molecule has 224 valence electrons. The van der Waals surface area contributed by atoms with Crippen molar-refractivity contribution in [3.8, 4) is 33.9 Å². The molecule has 4 heteroatoms. The molecule has 48 heavy (non-hydrogen) atoms. The minimum Gasteiger partial charge on any atom is -0.456 e. The average molecular weight is 614 g/mol. The number of hydrogen-bond acceptors (Lipinski definition) is 4. The summed E-state index contributed by atoms with van der Waals surface area (Å²) in [6, 6.07) is 57.3. The molecule has 7 aromatic carbocycles. The maximum absolute atomic E-state index is 6.18. The van der Waals surface area contributed by atoms with Gasteiger partial charge in [-0.25, -0.2) is 15.0 Å². The number of nitrogens with zero attached hydrogens (tertiary/aromatic N) is 3. The molecule has 10 rings (SSSR count). The summed E-state index contributed by atoms with van der Waals surface area (Å²) >= 11 is 0. The van der Waals surface area contributed by atoms with Gasteiger partial charge >= 0.3 is 0 Å². The Morgan fingerprint density at radius 3 is 1.83 bits per heavy atom. The number of aromatic nitrogens is 3. The number of benzene rings is 7. The van der Waals surface area contributed by atoms with Gasteiger partial charge in [0.05, 0.1) is 0 Å². The third-order valence-electron chi connectivity index (χ3n) is 9.77. The zero-order valence-electron chi connectivity index (χ0n) is 25.8. The van der Waals surface area contributed by atoms with Crippen molar-refractivity contribution in [2.75, 3.05) is 0 Å². The zero-order valence-corrected chi connectivity index (χ0v) is 25.8. The fraction of sp³-hybridized carbons (Fsp3) is 0.0227. The molecule has 0 saturated heterocycles. The first-order valence-corrected chi connectivity index (χ1v) is 16.2. The molecule has 0 amide bonds. The van der Waals surface area contributed by atoms with Crippen molar-refractivity contribution in [2.24, 2.45) is 0 Å². The molecule has 9 aromatic rings. The molecule has 0 unspecified atom stereocenters. The topological polar surface area (TPSA) is 51.8 Å². The van der Waals surface area contributed by atoms with E-state index in [4.69, 9.17) is 19.4 Å². The van der Waals surface area contributed by atoms with E-state index in [1.807, 2.05) is 42.5 Å². The lowest BCUT2D eigenvalue weighted by atomic mass is 9.71. The molecule has 0 N–H and O–H groups in total. The van der Waals surface area contributed by atoms with Crippen LogP contribution < -0.4 is 0 Å². The molecule has 1 aliphatic rings. The Labute approximate surface area is 277 Å². The number of hydrogen-bond donors (Lipinski definition) is 0. The first-order valence-electron chi connectivity index (χ1n) is 16.2. The molecule has 1 aliphatic carbocycles. The van der Waals surface area contributed by atoms with E-state index in [1.54, 1.807) is 0 Å². The molecule has 4 nitrogen and oxygen atoms in total. The van der Waals surface area contributed by atoms with Gasteiger partial charge in [0.2, 0.25) is 0 Å². The van der Waals surface area contributed by atoms with Crippen LogP contribution in [0.5, 0.6) is 0 Å². The van der Waals surface area contributed by atoms with Gasteiger partial charge in [0.1, 0.15) is 16.6 Å². The average Bonchev–Trinajstić information content (AvgIpc) is 3.68. The van der Waals surface area contributed by atoms with Gasteiger partial charge in [-0.2, -0.15) is 0 Å². The molecular weight excluding hydrogens is 587 g/mol. The number of para-hydroxylation sites is 1. The van der Waals surface area contributed by atoms with Gasteiger partial charge in [-0.05, 0) is 68.9 Å². The van der Waals surface area contributed by atoms with Crippen molar-refractivity contribution in [3.63, 3.8) is 0 Å². The minimum atomic E-state index is -0.787. The monoisotopic (exact) mass is 613 g/mol. The van der Waals surface area contributed by atoms with Crippen LogP contribution >= 0.6 is 0 Å². The van der Waals surface area contributed by atoms with Crippen LogP contribution in [0.25, 0.3) is 66.6 Å². The molecule has 0 spiro atoms. The highest BCUT2D eigenvalue weighted by Crippen LogP contribution is 2.55. The Morgan fingerprint density at radius 1 is 0.417 bits per heavy atom. The van der Waals surface area contributed by atoms with E-state index in [0.717, 1.165) is 49.8 Å². The quantitative estimate of drug-likeness (QED) is 0.198. The fourth-order valence-electron chi connectivity index (χ4n) is 7.59. The highest BCUT2D eigenvalue weighted by Gasteiger charge is 2.49. The third kappa shape index (κ3) is 3.86. The Morgan fingerprint density at radius 2 is 1.04 bits per heavy atom. The maximum Gasteiger partial charge on any atom is 0.163 e. The lowest BCUT2D eigenvalue weighted by molar-refractivity contribution is 0.669. The Balaban J connectivity index is 1.32. The molecule has 0 radical (unpaired) electrons. The van der Waals surface area contributed by atoms with E-state index in [9.17, 15) is 0 Å². The van der Waals surface area contributed by atoms with Crippen molar-refractivity contribution in [1.29, 1.82) is 0 Å². The van der Waals surface area contributed by atoms with E-state index in [-0.39, 0.29) is 0 Å². The van der Waals surface area contributed by atoms with E-state index in [0.29, 0.717) is 17.5 Å². The van der Waals surface area contributed by atoms with Gasteiger partial charge in [0.15, 0.2) is 17.5 Å². The molecule has 2 aromatic heterocycles. The Kier molecular flexibility index (Phi) is 5.75. The van der Waals surface area contributed by atoms with Gasteiger partial charge in [0.25, 0.3) is 0 Å². The predicted molar refractivity (Wildman–Crippen MR) is 193 cm³/mol. The first-order chi connectivity index (χ1) is 23.8. The molecule has 0 atom stereocenters. The molecule has 0 fully saturated rings. The summed E-state index contributed by atoms with van der Waals surface area (Å²) in [6.45, 7) is 0. The van der Waals surface area contributed by atoms with E-state index < -0.39 is 5.41 Å². The van der Waals surface area contributed by atoms with Crippen LogP contribution in [0.4, 0.5) is 0 Å². The van der Waals surface area contributed by atoms with Crippen molar-refractivity contribution < 1.29 is 4.42 Å². The number of furan rings is 1. The smallest absolute Gasteiger partial charge is 0.163 e. The number of fused-ring (bicyclic) bond motifs is 7. The van der Waals surface area contributed by atoms with Crippen LogP contribution in [0.3, 0.4) is 0 Å². The van der Waals surface area contributed by atoms with Gasteiger partial charge in [-0.3, -0.25) is 0 Å². The summed E-state index contributed by atoms with van der Waals surface area (Å²) in [4.78, 5) is 16.0. The van der Waals surface area contributed by atoms with Crippen molar-refractivity contribution in [2.45, 2.75) is 5.41 Å². The minimum absolute atomic E-state index is 0.619. The summed E-state index contributed by atoms with van der Waals surface area (Å²) in [7, 11) is 0. The van der Waals surface area contributed by atoms with Crippen molar-refractivity contribution >= 4 is 32.7 Å². The van der Waals surface area contributed by atoms with E-state index >= 15 is 0 Å². The lowest BCUT2D eigenvalue weighted by Crippen LogP contribution is -2.31. The summed E-state index contributed by atoms with van der Waals surface area (Å²) in [5.41, 5.74) is 8.57. The summed E-state index contributed by atoms with van der Waals surface area (Å²) in [5, 5.41) is 4.47. The SMILES string of the molecule is c1ccc(-c2nc(-c3ccc4oc5ccccc5c4c3)nc(C3(c4ccc5ccccc5c4)c4ccccc4-c4ccccc43)n2)cc1. The van der Waals surface area contributed by atoms with Gasteiger partial charge in [-0.1, -0.05) is 133 Å². The second-order valence-corrected chi connectivity index (χ2v) is 12.4. The van der Waals surface area contributed by atoms with Gasteiger partial charge < -0.3 is 4.42 Å². The van der Waals surface area contributed by atoms with Crippen LogP contribution in [0.15, 0.2) is 168 Å². The second-order valence-electron chi connectivity index (χ2n) is 12.4. The summed E-state index contributed by atoms with van der Waals surface area (Å²) < 4.78 is 6.18. The van der Waals surface area contributed by atoms with Gasteiger partial charge in [0, 0.05) is 21.9 Å². The van der Waals surface area contributed by atoms with Gasteiger partial charge in [-0.15, -0.1) is 0 Å². The first kappa shape index (κ1) is 26.8. The highest BCUT2D eigenvalue weighted by molar-refractivity contribution is 6.06. The van der Waals surface area contributed by atoms with E-state index in [2.05, 4.69) is 121 Å². The maximum atomic E-state index is 6.18. The van der Waals surface area contributed by atoms with Crippen LogP contribution in [0.1, 0.15) is 22.5 Å². The zero-order chi connectivity index (χ0) is 31.7. The van der Waals surface area contributed by atoms with Crippen LogP contribution in [-0.4, -0.2) is 15.0 Å². The largest absolute Gasteiger partial charge is 0.456 e. The molecule has 0 bridgehead atoms. The molecule has 0 saturated carbocycles. The van der Waals surface area contributed by atoms with Crippen LogP contribution in [0, 0.1) is 0 Å². The summed E-state index contributed by atoms with van der Waals surface area (Å²) in [5.74, 6) is 1.94. The van der Waals surface area contributed by atoms with E-state index in [1.165, 1.54) is 21.9 Å². The summed E-state index contributed by atoms with van der Waals surface area (Å²) in [6.07, 6.45) is 0. The normalized spacial score (nSPS) is 13.2. The van der Waals surface area contributed by atoms with Crippen molar-refractivity contribution in [1.82, 2.24) is 15.0 Å². The molecule has 0 aliphatic heterocycles. The standard InChI is InChI=1S/C44H27N3O/c1-2-13-29(14-3-1)41-45-42(31-23-25-40-36(27-31)35-18-8-11-21-39(35)48-40)47-43(46-41)44(32-24-22-28-12-4-5-15-30(28)26-32)37-19-9-6-16-33(37)34-17-7-10-20-38(34)44/h1-27H. The molecule has 2 heterocycles. The Bertz CT molecular complexity index is 2650. The number of rotatable bonds is 4. The van der Waals surface area contributed by atoms with Crippen LogP contribution in [0.2, 0.25) is 0 Å². The fourth-order valence-corrected chi connectivity index (χ4v) is 7.59. The lowest BCUT2D eigenvalue weighted by Gasteiger charge is -2.32. The van der Waals surface area contributed by atoms with Crippen molar-refractivity contribution in [3.05, 3.63) is 186 Å². The third-order valence-corrected chi connectivity index (χ3v) is 9.77. The predicted octanol–water partition coefficient (Wildman–Crippen LogP) is 10.6. The van der Waals surface area contributed by atoms with Crippen LogP contribution in [-0.2, 0) is 5.41 Å². The molecular formula is C44H27N3O. The second kappa shape index (κ2) is 10.3. The highest BCUT2D eigenvalue weighted by atomic mass is 16.3. The Hall–Kier alpha value is -6.39.